The summed E-state index contributed by atoms with van der Waals surface area (Å²) in [5.74, 6) is 1.39. The maximum Gasteiger partial charge on any atom is 0.164 e. The molecule has 0 aliphatic heterocycles. The van der Waals surface area contributed by atoms with Crippen LogP contribution in [0.25, 0.3) is 117 Å². The monoisotopic (exact) mass is 834 g/mol. The van der Waals surface area contributed by atoms with E-state index >= 15 is 0 Å². The van der Waals surface area contributed by atoms with Gasteiger partial charge in [0, 0.05) is 60.4 Å². The van der Waals surface area contributed by atoms with E-state index in [-0.39, 0.29) is 17.8 Å². The van der Waals surface area contributed by atoms with Crippen molar-refractivity contribution in [2.24, 2.45) is 0 Å². The van der Waals surface area contributed by atoms with E-state index < -0.39 is 18.1 Å². The van der Waals surface area contributed by atoms with Gasteiger partial charge in [0.1, 0.15) is 6.07 Å². The molecule has 0 amide bonds. The molecule has 0 atom stereocenters. The van der Waals surface area contributed by atoms with Crippen LogP contribution >= 0.6 is 0 Å². The SMILES string of the molecule is [2H]c1c([2H])c([2H])c(-n2c3ccccc3c3c2ccc2c4ccccc4n(-c4ccc(-c5nc(-c6ccccc6)nc(-c6ccc7c(c6)c6ccccc6n7-c6ccccc6)n5)cc4C#N)c23)c([2H])c1[2H]. The van der Waals surface area contributed by atoms with E-state index in [1.807, 2.05) is 121 Å². The second-order valence-electron chi connectivity index (χ2n) is 16.0. The molecule has 7 nitrogen and oxygen atoms in total. The lowest BCUT2D eigenvalue weighted by Gasteiger charge is -2.13. The molecule has 13 aromatic rings. The maximum absolute atomic E-state index is 11.1. The molecule has 7 heteroatoms. The number of rotatable bonds is 6. The predicted molar refractivity (Wildman–Crippen MR) is 264 cm³/mol. The van der Waals surface area contributed by atoms with Crippen molar-refractivity contribution in [1.29, 1.82) is 5.26 Å². The molecule has 0 aliphatic carbocycles. The molecule has 13 rings (SSSR count). The smallest absolute Gasteiger partial charge is 0.164 e. The largest absolute Gasteiger partial charge is 0.309 e. The lowest BCUT2D eigenvalue weighted by molar-refractivity contribution is 1.07. The Hall–Kier alpha value is -9.12. The zero-order chi connectivity index (χ0) is 47.4. The maximum atomic E-state index is 11.1. The van der Waals surface area contributed by atoms with E-state index in [0.717, 1.165) is 71.2 Å². The van der Waals surface area contributed by atoms with Crippen LogP contribution in [0.2, 0.25) is 0 Å². The summed E-state index contributed by atoms with van der Waals surface area (Å²) in [6.45, 7) is 0. The molecule has 65 heavy (non-hydrogen) atoms. The summed E-state index contributed by atoms with van der Waals surface area (Å²) < 4.78 is 49.6. The Morgan fingerprint density at radius 3 is 1.63 bits per heavy atom. The summed E-state index contributed by atoms with van der Waals surface area (Å²) in [4.78, 5) is 15.3. The molecule has 0 spiro atoms. The van der Waals surface area contributed by atoms with E-state index in [1.54, 1.807) is 4.57 Å². The van der Waals surface area contributed by atoms with Crippen LogP contribution in [-0.4, -0.2) is 28.7 Å². The average Bonchev–Trinajstić information content (AvgIpc) is 4.05. The van der Waals surface area contributed by atoms with Crippen LogP contribution in [0.1, 0.15) is 12.4 Å². The van der Waals surface area contributed by atoms with Crippen molar-refractivity contribution in [2.45, 2.75) is 0 Å². The Labute approximate surface area is 380 Å². The van der Waals surface area contributed by atoms with E-state index in [1.165, 1.54) is 0 Å². The topological polar surface area (TPSA) is 77.2 Å². The molecule has 0 unspecified atom stereocenters. The number of hydrogen-bond donors (Lipinski definition) is 0. The van der Waals surface area contributed by atoms with Crippen molar-refractivity contribution < 1.29 is 6.85 Å². The Kier molecular flexibility index (Phi) is 7.06. The summed E-state index contributed by atoms with van der Waals surface area (Å²) in [5.41, 5.74) is 9.57. The van der Waals surface area contributed by atoms with Gasteiger partial charge in [0.15, 0.2) is 17.5 Å². The third-order valence-electron chi connectivity index (χ3n) is 12.4. The lowest BCUT2D eigenvalue weighted by atomic mass is 10.1. The van der Waals surface area contributed by atoms with Crippen LogP contribution in [0, 0.1) is 11.3 Å². The van der Waals surface area contributed by atoms with Crippen LogP contribution in [-0.2, 0) is 0 Å². The Morgan fingerprint density at radius 1 is 0.400 bits per heavy atom. The Bertz CT molecular complexity index is 4350. The number of para-hydroxylation sites is 5. The number of nitriles is 1. The van der Waals surface area contributed by atoms with Gasteiger partial charge < -0.3 is 13.7 Å². The molecule has 9 aromatic carbocycles. The second-order valence-corrected chi connectivity index (χ2v) is 16.0. The third-order valence-corrected chi connectivity index (χ3v) is 12.4. The molecule has 4 aromatic heterocycles. The minimum atomic E-state index is -0.454. The van der Waals surface area contributed by atoms with Gasteiger partial charge in [-0.1, -0.05) is 127 Å². The summed E-state index contributed by atoms with van der Waals surface area (Å²) in [6, 6.07) is 60.9. The Morgan fingerprint density at radius 2 is 0.923 bits per heavy atom. The van der Waals surface area contributed by atoms with Gasteiger partial charge in [0.25, 0.3) is 0 Å². The number of fused-ring (bicyclic) bond motifs is 10. The average molecular weight is 835 g/mol. The molecule has 0 saturated heterocycles. The molecule has 0 N–H and O–H groups in total. The minimum absolute atomic E-state index is 0.0618. The van der Waals surface area contributed by atoms with Gasteiger partial charge in [0.2, 0.25) is 0 Å². The molecule has 302 valence electrons. The fourth-order valence-electron chi connectivity index (χ4n) is 9.63. The Balaban J connectivity index is 1.02. The number of hydrogen-bond acceptors (Lipinski definition) is 4. The zero-order valence-corrected chi connectivity index (χ0v) is 34.5. The normalized spacial score (nSPS) is 12.8. The quantitative estimate of drug-likeness (QED) is 0.167. The minimum Gasteiger partial charge on any atom is -0.309 e. The first-order valence-electron chi connectivity index (χ1n) is 23.8. The van der Waals surface area contributed by atoms with Crippen LogP contribution < -0.4 is 0 Å². The second kappa shape index (κ2) is 14.5. The van der Waals surface area contributed by atoms with Crippen molar-refractivity contribution >= 4 is 65.4 Å². The molecular weight excluding hydrogens is 795 g/mol. The van der Waals surface area contributed by atoms with Crippen molar-refractivity contribution in [2.75, 3.05) is 0 Å². The van der Waals surface area contributed by atoms with Gasteiger partial charge in [-0.25, -0.2) is 15.0 Å². The van der Waals surface area contributed by atoms with Crippen molar-refractivity contribution in [3.05, 3.63) is 218 Å². The van der Waals surface area contributed by atoms with Crippen LogP contribution in [0.15, 0.2) is 212 Å². The van der Waals surface area contributed by atoms with E-state index in [9.17, 15) is 5.26 Å². The van der Waals surface area contributed by atoms with E-state index in [0.29, 0.717) is 45.3 Å². The summed E-state index contributed by atoms with van der Waals surface area (Å²) >= 11 is 0. The summed E-state index contributed by atoms with van der Waals surface area (Å²) in [5, 5.41) is 16.8. The van der Waals surface area contributed by atoms with Crippen molar-refractivity contribution in [1.82, 2.24) is 28.7 Å². The highest BCUT2D eigenvalue weighted by Gasteiger charge is 2.23. The van der Waals surface area contributed by atoms with Gasteiger partial charge in [0.05, 0.1) is 51.2 Å². The highest BCUT2D eigenvalue weighted by molar-refractivity contribution is 6.26. The first kappa shape index (κ1) is 31.7. The fourth-order valence-corrected chi connectivity index (χ4v) is 9.63. The third kappa shape index (κ3) is 5.64. The van der Waals surface area contributed by atoms with E-state index in [4.69, 9.17) is 21.8 Å². The molecular formula is C58H35N7. The molecule has 0 aliphatic rings. The highest BCUT2D eigenvalue weighted by Crippen LogP contribution is 2.43. The first-order valence-corrected chi connectivity index (χ1v) is 21.3. The van der Waals surface area contributed by atoms with E-state index in [2.05, 4.69) is 75.9 Å². The number of nitrogens with zero attached hydrogens (tertiary/aromatic N) is 7. The first-order chi connectivity index (χ1) is 34.3. The van der Waals surface area contributed by atoms with Gasteiger partial charge in [-0.15, -0.1) is 0 Å². The fraction of sp³-hybridized carbons (Fsp3) is 0. The highest BCUT2D eigenvalue weighted by atomic mass is 15.0. The van der Waals surface area contributed by atoms with Gasteiger partial charge in [-0.05, 0) is 84.9 Å². The van der Waals surface area contributed by atoms with Crippen LogP contribution in [0.4, 0.5) is 0 Å². The number of aromatic nitrogens is 6. The zero-order valence-electron chi connectivity index (χ0n) is 39.5. The molecule has 0 fully saturated rings. The van der Waals surface area contributed by atoms with Gasteiger partial charge in [-0.2, -0.15) is 5.26 Å². The molecule has 0 bridgehead atoms. The van der Waals surface area contributed by atoms with Gasteiger partial charge in [-0.3, -0.25) is 0 Å². The summed E-state index contributed by atoms with van der Waals surface area (Å²) in [7, 11) is 0. The number of benzene rings is 9. The lowest BCUT2D eigenvalue weighted by Crippen LogP contribution is -2.02. The van der Waals surface area contributed by atoms with Crippen molar-refractivity contribution in [3.8, 4) is 57.3 Å². The summed E-state index contributed by atoms with van der Waals surface area (Å²) in [6.07, 6.45) is 0. The molecule has 0 saturated carbocycles. The predicted octanol–water partition coefficient (Wildman–Crippen LogP) is 14.0. The van der Waals surface area contributed by atoms with Crippen molar-refractivity contribution in [3.63, 3.8) is 0 Å². The molecule has 4 heterocycles. The van der Waals surface area contributed by atoms with Crippen LogP contribution in [0.3, 0.4) is 0 Å². The van der Waals surface area contributed by atoms with Crippen LogP contribution in [0.5, 0.6) is 0 Å². The standard InChI is InChI=1S/C58H35N7/c59-36-40-34-38(28-31-48(40)65-50-26-14-10-22-43(50)45-30-33-53-54(55(45)65)46-24-12-15-27-51(46)64(53)42-20-8-3-9-21-42)57-60-56(37-16-4-1-5-17-37)61-58(62-57)39-29-32-52-47(35-39)44-23-11-13-25-49(44)63(52)41-18-6-2-7-19-41/h1-35H/i3D,8D,9D,20D,21D. The molecule has 0 radical (unpaired) electrons. The van der Waals surface area contributed by atoms with Gasteiger partial charge >= 0.3 is 0 Å².